The van der Waals surface area contributed by atoms with Gasteiger partial charge in [-0.25, -0.2) is 4.39 Å². The topological polar surface area (TPSA) is 32.7 Å². The van der Waals surface area contributed by atoms with E-state index in [9.17, 15) is 4.39 Å². The number of nitrogens with zero attached hydrogens (tertiary/aromatic N) is 1. The maximum absolute atomic E-state index is 13.6. The molecule has 1 aliphatic rings. The molecule has 0 spiro atoms. The summed E-state index contributed by atoms with van der Waals surface area (Å²) < 4.78 is 18.7. The number of aliphatic hydroxyl groups is 1. The second kappa shape index (κ2) is 4.80. The van der Waals surface area contributed by atoms with E-state index in [1.54, 1.807) is 19.2 Å². The summed E-state index contributed by atoms with van der Waals surface area (Å²) in [5, 5.41) is 8.90. The Kier molecular flexibility index (Phi) is 3.41. The van der Waals surface area contributed by atoms with E-state index in [1.165, 1.54) is 6.07 Å². The molecule has 16 heavy (non-hydrogen) atoms. The lowest BCUT2D eigenvalue weighted by Gasteiger charge is -2.38. The van der Waals surface area contributed by atoms with Crippen molar-refractivity contribution in [1.82, 2.24) is 4.90 Å². The number of likely N-dealkylation sites (tertiary alicyclic amines) is 1. The van der Waals surface area contributed by atoms with Crippen LogP contribution < -0.4 is 4.74 Å². The Morgan fingerprint density at radius 2 is 2.25 bits per heavy atom. The van der Waals surface area contributed by atoms with Crippen LogP contribution in [-0.2, 0) is 6.54 Å². The molecule has 1 saturated heterocycles. The van der Waals surface area contributed by atoms with Gasteiger partial charge in [-0.2, -0.15) is 0 Å². The number of hydrogen-bond donors (Lipinski definition) is 1. The third-order valence-corrected chi connectivity index (χ3v) is 2.97. The van der Waals surface area contributed by atoms with Crippen molar-refractivity contribution in [2.45, 2.75) is 6.54 Å². The van der Waals surface area contributed by atoms with E-state index in [1.807, 2.05) is 0 Å². The molecular formula is C12H16FNO2. The number of methoxy groups -OCH3 is 1. The van der Waals surface area contributed by atoms with Gasteiger partial charge >= 0.3 is 0 Å². The summed E-state index contributed by atoms with van der Waals surface area (Å²) in [6.45, 7) is 2.42. The highest BCUT2D eigenvalue weighted by molar-refractivity contribution is 5.34. The van der Waals surface area contributed by atoms with Gasteiger partial charge in [0.05, 0.1) is 7.11 Å². The first-order valence-corrected chi connectivity index (χ1v) is 5.39. The van der Waals surface area contributed by atoms with E-state index in [0.717, 1.165) is 13.1 Å². The lowest BCUT2D eigenvalue weighted by atomic mass is 10.00. The van der Waals surface area contributed by atoms with Crippen LogP contribution in [0.2, 0.25) is 0 Å². The van der Waals surface area contributed by atoms with Crippen LogP contribution in [0.4, 0.5) is 4.39 Å². The van der Waals surface area contributed by atoms with Crippen LogP contribution in [0.1, 0.15) is 5.56 Å². The highest BCUT2D eigenvalue weighted by Crippen LogP contribution is 2.26. The van der Waals surface area contributed by atoms with E-state index in [4.69, 9.17) is 9.84 Å². The van der Waals surface area contributed by atoms with E-state index >= 15 is 0 Å². The molecule has 0 radical (unpaired) electrons. The predicted molar refractivity (Wildman–Crippen MR) is 58.8 cm³/mol. The van der Waals surface area contributed by atoms with Crippen LogP contribution in [0.5, 0.6) is 5.75 Å². The van der Waals surface area contributed by atoms with Gasteiger partial charge in [0.2, 0.25) is 0 Å². The molecule has 3 nitrogen and oxygen atoms in total. The number of benzene rings is 1. The zero-order valence-corrected chi connectivity index (χ0v) is 9.32. The number of halogens is 1. The first-order valence-electron chi connectivity index (χ1n) is 5.39. The van der Waals surface area contributed by atoms with E-state index in [-0.39, 0.29) is 12.4 Å². The number of rotatable bonds is 4. The Hall–Kier alpha value is -1.13. The normalized spacial score (nSPS) is 17.2. The lowest BCUT2D eigenvalue weighted by molar-refractivity contribution is 0.0465. The minimum Gasteiger partial charge on any atom is -0.496 e. The highest BCUT2D eigenvalue weighted by atomic mass is 19.1. The molecule has 2 rings (SSSR count). The molecule has 0 atom stereocenters. The van der Waals surface area contributed by atoms with Gasteiger partial charge in [0.15, 0.2) is 0 Å². The average molecular weight is 225 g/mol. The van der Waals surface area contributed by atoms with Crippen molar-refractivity contribution in [2.75, 3.05) is 26.8 Å². The molecule has 0 aliphatic carbocycles. The van der Waals surface area contributed by atoms with Crippen molar-refractivity contribution in [1.29, 1.82) is 0 Å². The van der Waals surface area contributed by atoms with Gasteiger partial charge in [0, 0.05) is 37.7 Å². The molecule has 1 aromatic carbocycles. The molecule has 1 aliphatic heterocycles. The Labute approximate surface area is 94.4 Å². The van der Waals surface area contributed by atoms with Crippen LogP contribution in [0.3, 0.4) is 0 Å². The molecule has 0 bridgehead atoms. The van der Waals surface area contributed by atoms with Crippen LogP contribution in [-0.4, -0.2) is 36.8 Å². The van der Waals surface area contributed by atoms with E-state index in [0.29, 0.717) is 23.8 Å². The highest BCUT2D eigenvalue weighted by Gasteiger charge is 2.27. The summed E-state index contributed by atoms with van der Waals surface area (Å²) in [4.78, 5) is 2.10. The zero-order chi connectivity index (χ0) is 11.5. The van der Waals surface area contributed by atoms with Crippen LogP contribution >= 0.6 is 0 Å². The van der Waals surface area contributed by atoms with Gasteiger partial charge in [0.1, 0.15) is 11.6 Å². The van der Waals surface area contributed by atoms with Gasteiger partial charge in [-0.05, 0) is 12.1 Å². The fraction of sp³-hybridized carbons (Fsp3) is 0.500. The maximum atomic E-state index is 13.6. The van der Waals surface area contributed by atoms with E-state index < -0.39 is 0 Å². The average Bonchev–Trinajstić information content (AvgIpc) is 2.24. The Morgan fingerprint density at radius 3 is 2.88 bits per heavy atom. The predicted octanol–water partition coefficient (Wildman–Crippen LogP) is 1.26. The van der Waals surface area contributed by atoms with Gasteiger partial charge in [-0.3, -0.25) is 4.90 Å². The van der Waals surface area contributed by atoms with Crippen LogP contribution in [0.25, 0.3) is 0 Å². The van der Waals surface area contributed by atoms with Crippen molar-refractivity contribution in [3.8, 4) is 5.75 Å². The molecule has 1 aromatic rings. The molecule has 1 fully saturated rings. The standard InChI is InChI=1S/C12H16FNO2/c1-16-12-4-2-3-11(13)10(12)7-14-5-9(6-14)8-15/h2-4,9,15H,5-8H2,1H3. The third kappa shape index (κ3) is 2.18. The van der Waals surface area contributed by atoms with Gasteiger partial charge in [-0.1, -0.05) is 6.07 Å². The second-order valence-corrected chi connectivity index (χ2v) is 4.16. The molecule has 4 heteroatoms. The first-order chi connectivity index (χ1) is 7.74. The molecule has 0 saturated carbocycles. The zero-order valence-electron chi connectivity index (χ0n) is 9.32. The molecular weight excluding hydrogens is 209 g/mol. The summed E-state index contributed by atoms with van der Waals surface area (Å²) in [7, 11) is 1.55. The Balaban J connectivity index is 2.04. The van der Waals surface area contributed by atoms with Gasteiger partial charge < -0.3 is 9.84 Å². The number of hydrogen-bond acceptors (Lipinski definition) is 3. The quantitative estimate of drug-likeness (QED) is 0.837. The third-order valence-electron chi connectivity index (χ3n) is 2.97. The molecule has 0 unspecified atom stereocenters. The van der Waals surface area contributed by atoms with Gasteiger partial charge in [0.25, 0.3) is 0 Å². The van der Waals surface area contributed by atoms with Crippen molar-refractivity contribution in [3.05, 3.63) is 29.6 Å². The lowest BCUT2D eigenvalue weighted by Crippen LogP contribution is -2.47. The van der Waals surface area contributed by atoms with Crippen LogP contribution in [0.15, 0.2) is 18.2 Å². The SMILES string of the molecule is COc1cccc(F)c1CN1CC(CO)C1. The van der Waals surface area contributed by atoms with Crippen molar-refractivity contribution in [2.24, 2.45) is 5.92 Å². The van der Waals surface area contributed by atoms with Gasteiger partial charge in [-0.15, -0.1) is 0 Å². The van der Waals surface area contributed by atoms with Crippen LogP contribution in [0, 0.1) is 11.7 Å². The fourth-order valence-electron chi connectivity index (χ4n) is 2.03. The summed E-state index contributed by atoms with van der Waals surface area (Å²) in [6.07, 6.45) is 0. The van der Waals surface area contributed by atoms with Crippen molar-refractivity contribution < 1.29 is 14.2 Å². The molecule has 0 amide bonds. The summed E-state index contributed by atoms with van der Waals surface area (Å²) in [5.41, 5.74) is 0.599. The summed E-state index contributed by atoms with van der Waals surface area (Å²) >= 11 is 0. The number of aliphatic hydroxyl groups excluding tert-OH is 1. The second-order valence-electron chi connectivity index (χ2n) is 4.16. The summed E-state index contributed by atoms with van der Waals surface area (Å²) in [5.74, 6) is 0.706. The minimum absolute atomic E-state index is 0.213. The Morgan fingerprint density at radius 1 is 1.50 bits per heavy atom. The Bertz CT molecular complexity index is 364. The smallest absolute Gasteiger partial charge is 0.131 e. The molecule has 1 heterocycles. The maximum Gasteiger partial charge on any atom is 0.131 e. The summed E-state index contributed by atoms with van der Waals surface area (Å²) in [6, 6.07) is 4.85. The largest absolute Gasteiger partial charge is 0.496 e. The molecule has 0 aromatic heterocycles. The molecule has 88 valence electrons. The fourth-order valence-corrected chi connectivity index (χ4v) is 2.03. The van der Waals surface area contributed by atoms with Crippen molar-refractivity contribution >= 4 is 0 Å². The minimum atomic E-state index is -0.230. The van der Waals surface area contributed by atoms with Crippen molar-refractivity contribution in [3.63, 3.8) is 0 Å². The monoisotopic (exact) mass is 225 g/mol. The molecule has 1 N–H and O–H groups in total. The number of ether oxygens (including phenoxy) is 1. The van der Waals surface area contributed by atoms with E-state index in [2.05, 4.69) is 4.90 Å². The first kappa shape index (κ1) is 11.4.